The molecule has 11 heteroatoms. The first-order valence-corrected chi connectivity index (χ1v) is 15.0. The number of nitrogens with one attached hydrogen (secondary N) is 4. The fraction of sp³-hybridized carbons (Fsp3) is 0.0263. The number of rotatable bonds is 2. The van der Waals surface area contributed by atoms with Gasteiger partial charge in [-0.25, -0.2) is 9.59 Å². The number of hydrogen-bond donors (Lipinski definition) is 4. The summed E-state index contributed by atoms with van der Waals surface area (Å²) < 4.78 is 0. The van der Waals surface area contributed by atoms with Crippen molar-refractivity contribution in [1.82, 2.24) is 21.3 Å². The van der Waals surface area contributed by atoms with Crippen LogP contribution in [0.3, 0.4) is 0 Å². The number of fused-ring (bicyclic) bond motifs is 4. The summed E-state index contributed by atoms with van der Waals surface area (Å²) in [6, 6.07) is 34.1. The lowest BCUT2D eigenvalue weighted by molar-refractivity contribution is -0.130. The molecular weight excluding hydrogens is 624 g/mol. The number of carbonyl (C=O) groups excluding carboxylic acids is 7. The van der Waals surface area contributed by atoms with Gasteiger partial charge in [0, 0.05) is 5.56 Å². The Morgan fingerprint density at radius 3 is 1.16 bits per heavy atom. The molecule has 4 N–H and O–H groups in total. The monoisotopic (exact) mass is 650 g/mol. The van der Waals surface area contributed by atoms with Crippen LogP contribution in [0.15, 0.2) is 115 Å². The van der Waals surface area contributed by atoms with E-state index in [0.717, 1.165) is 60.5 Å². The van der Waals surface area contributed by atoms with Gasteiger partial charge in [-0.2, -0.15) is 0 Å². The molecule has 0 atom stereocenters. The quantitative estimate of drug-likeness (QED) is 0.0649. The molecule has 0 radical (unpaired) electrons. The fourth-order valence-electron chi connectivity index (χ4n) is 5.65. The minimum atomic E-state index is -0.801. The van der Waals surface area contributed by atoms with Crippen molar-refractivity contribution in [3.8, 4) is 0 Å². The van der Waals surface area contributed by atoms with Crippen LogP contribution in [0.5, 0.6) is 0 Å². The Kier molecular flexibility index (Phi) is 8.98. The van der Waals surface area contributed by atoms with E-state index in [1.165, 1.54) is 0 Å². The van der Waals surface area contributed by atoms with Gasteiger partial charge in [-0.05, 0) is 66.9 Å². The number of barbiturate groups is 2. The highest BCUT2D eigenvalue weighted by Crippen LogP contribution is 2.31. The first-order valence-electron chi connectivity index (χ1n) is 15.0. The molecule has 240 valence electrons. The summed E-state index contributed by atoms with van der Waals surface area (Å²) in [4.78, 5) is 77.3. The fourth-order valence-corrected chi connectivity index (χ4v) is 5.65. The largest absolute Gasteiger partial charge is 0.328 e. The second-order valence-corrected chi connectivity index (χ2v) is 11.0. The van der Waals surface area contributed by atoms with E-state index in [-0.39, 0.29) is 12.0 Å². The molecule has 0 aromatic heterocycles. The molecule has 2 aliphatic heterocycles. The van der Waals surface area contributed by atoms with Crippen LogP contribution in [-0.4, -0.2) is 42.0 Å². The summed E-state index contributed by atoms with van der Waals surface area (Å²) >= 11 is 0. The Morgan fingerprint density at radius 2 is 0.796 bits per heavy atom. The zero-order valence-corrected chi connectivity index (χ0v) is 25.6. The highest BCUT2D eigenvalue weighted by molar-refractivity contribution is 6.32. The molecule has 2 saturated heterocycles. The summed E-state index contributed by atoms with van der Waals surface area (Å²) in [6.07, 6.45) is 2.23. The minimum Gasteiger partial charge on any atom is -0.298 e. The maximum Gasteiger partial charge on any atom is 0.328 e. The average Bonchev–Trinajstić information content (AvgIpc) is 3.08. The molecule has 2 heterocycles. The zero-order valence-electron chi connectivity index (χ0n) is 25.6. The lowest BCUT2D eigenvalue weighted by atomic mass is 9.95. The lowest BCUT2D eigenvalue weighted by Gasteiger charge is -2.15. The second-order valence-electron chi connectivity index (χ2n) is 11.0. The first-order chi connectivity index (χ1) is 23.7. The third kappa shape index (κ3) is 6.91. The molecular formula is C38H26N4O7. The second kappa shape index (κ2) is 13.8. The molecule has 6 aromatic rings. The molecule has 0 unspecified atom stereocenters. The first kappa shape index (κ1) is 32.0. The van der Waals surface area contributed by atoms with Crippen LogP contribution < -0.4 is 21.3 Å². The molecule has 49 heavy (non-hydrogen) atoms. The number of aldehydes is 1. The van der Waals surface area contributed by atoms with Crippen LogP contribution in [0.4, 0.5) is 9.59 Å². The van der Waals surface area contributed by atoms with Crippen LogP contribution >= 0.6 is 0 Å². The van der Waals surface area contributed by atoms with E-state index in [9.17, 15) is 33.6 Å². The van der Waals surface area contributed by atoms with Crippen molar-refractivity contribution in [2.24, 2.45) is 0 Å². The number of carbonyl (C=O) groups is 7. The minimum absolute atomic E-state index is 0.0869. The van der Waals surface area contributed by atoms with Crippen molar-refractivity contribution in [1.29, 1.82) is 0 Å². The number of hydrogen-bond acceptors (Lipinski definition) is 7. The standard InChI is InChI=1S/C19H12N2O3.C15H10O.C4H4N2O3/c22-17-16(18(23)21-19(24)20-17)10-15-13-7-3-1-5-11(13)9-12-6-2-4-8-14(12)15;16-10-15-13-7-3-1-5-11(13)9-12-6-2-4-8-14(12)15;7-2-1-3(8)6-4(9)5-2/h1-10H,(H2,20,21,22,23,24);1-10H;1H2,(H2,5,6,7,8,9). The molecule has 6 aromatic carbocycles. The van der Waals surface area contributed by atoms with Crippen LogP contribution in [0, 0.1) is 0 Å². The average molecular weight is 651 g/mol. The summed E-state index contributed by atoms with van der Waals surface area (Å²) in [5.41, 5.74) is 1.48. The SMILES string of the molecule is O=C1CC(=O)NC(=O)N1.O=C1NC(=O)C(=Cc2c3ccccc3cc3ccccc23)C(=O)N1.O=Cc1c2ccccc2cc2ccccc12. The van der Waals surface area contributed by atoms with Crippen LogP contribution in [0.2, 0.25) is 0 Å². The van der Waals surface area contributed by atoms with Crippen molar-refractivity contribution in [3.63, 3.8) is 0 Å². The van der Waals surface area contributed by atoms with Crippen molar-refractivity contribution >= 4 is 91.1 Å². The lowest BCUT2D eigenvalue weighted by Crippen LogP contribution is -2.51. The van der Waals surface area contributed by atoms with E-state index in [0.29, 0.717) is 0 Å². The number of urea groups is 2. The Labute approximate surface area is 278 Å². The summed E-state index contributed by atoms with van der Waals surface area (Å²) in [5.74, 6) is -2.49. The third-order valence-electron chi connectivity index (χ3n) is 7.80. The van der Waals surface area contributed by atoms with E-state index >= 15 is 0 Å². The van der Waals surface area contributed by atoms with Gasteiger partial charge in [0.2, 0.25) is 11.8 Å². The smallest absolute Gasteiger partial charge is 0.298 e. The van der Waals surface area contributed by atoms with Gasteiger partial charge in [0.05, 0.1) is 0 Å². The Bertz CT molecular complexity index is 2240. The van der Waals surface area contributed by atoms with Gasteiger partial charge in [-0.15, -0.1) is 0 Å². The zero-order chi connectivity index (χ0) is 34.5. The van der Waals surface area contributed by atoms with Gasteiger partial charge in [-0.3, -0.25) is 45.2 Å². The van der Waals surface area contributed by atoms with E-state index in [2.05, 4.69) is 22.8 Å². The predicted octanol–water partition coefficient (Wildman–Crippen LogP) is 5.29. The topological polar surface area (TPSA) is 168 Å². The highest BCUT2D eigenvalue weighted by atomic mass is 16.2. The van der Waals surface area contributed by atoms with E-state index in [1.54, 1.807) is 6.08 Å². The molecule has 8 rings (SSSR count). The molecule has 0 spiro atoms. The molecule has 0 saturated carbocycles. The highest BCUT2D eigenvalue weighted by Gasteiger charge is 2.28. The summed E-state index contributed by atoms with van der Waals surface area (Å²) in [6.45, 7) is 0. The van der Waals surface area contributed by atoms with Crippen LogP contribution in [-0.2, 0) is 19.2 Å². The van der Waals surface area contributed by atoms with E-state index in [1.807, 2.05) is 108 Å². The van der Waals surface area contributed by atoms with Gasteiger partial charge in [0.1, 0.15) is 12.0 Å². The maximum atomic E-state index is 12.0. The van der Waals surface area contributed by atoms with Gasteiger partial charge in [-0.1, -0.05) is 97.1 Å². The van der Waals surface area contributed by atoms with Gasteiger partial charge in [0.25, 0.3) is 11.8 Å². The van der Waals surface area contributed by atoms with Gasteiger partial charge < -0.3 is 0 Å². The number of amides is 8. The summed E-state index contributed by atoms with van der Waals surface area (Å²) in [5, 5.41) is 16.2. The maximum absolute atomic E-state index is 12.0. The van der Waals surface area contributed by atoms with Crippen molar-refractivity contribution in [2.45, 2.75) is 6.42 Å². The Morgan fingerprint density at radius 1 is 0.449 bits per heavy atom. The van der Waals surface area contributed by atoms with Gasteiger partial charge in [0.15, 0.2) is 6.29 Å². The molecule has 2 fully saturated rings. The normalized spacial score (nSPS) is 14.2. The van der Waals surface area contributed by atoms with Crippen molar-refractivity contribution < 1.29 is 33.6 Å². The Hall–Kier alpha value is -7.01. The number of imide groups is 4. The molecule has 11 nitrogen and oxygen atoms in total. The molecule has 2 aliphatic rings. The third-order valence-corrected chi connectivity index (χ3v) is 7.80. The number of benzene rings is 6. The van der Waals surface area contributed by atoms with Crippen molar-refractivity contribution in [2.75, 3.05) is 0 Å². The Balaban J connectivity index is 0.000000143. The van der Waals surface area contributed by atoms with E-state index < -0.39 is 35.7 Å². The van der Waals surface area contributed by atoms with Crippen LogP contribution in [0.25, 0.3) is 49.2 Å². The molecule has 0 bridgehead atoms. The predicted molar refractivity (Wildman–Crippen MR) is 184 cm³/mol. The van der Waals surface area contributed by atoms with E-state index in [4.69, 9.17) is 0 Å². The molecule has 8 amide bonds. The van der Waals surface area contributed by atoms with Gasteiger partial charge >= 0.3 is 12.1 Å². The summed E-state index contributed by atoms with van der Waals surface area (Å²) in [7, 11) is 0. The van der Waals surface area contributed by atoms with Crippen molar-refractivity contribution in [3.05, 3.63) is 126 Å². The van der Waals surface area contributed by atoms with Crippen LogP contribution in [0.1, 0.15) is 22.3 Å². The molecule has 0 aliphatic carbocycles.